The van der Waals surface area contributed by atoms with Crippen LogP contribution in [0.5, 0.6) is 5.75 Å². The number of aliphatic hydroxyl groups is 2. The zero-order valence-corrected chi connectivity index (χ0v) is 16.6. The number of rotatable bonds is 2. The minimum atomic E-state index is -2.97. The zero-order chi connectivity index (χ0) is 23.7. The molecule has 4 rings (SSSR count). The maximum Gasteiger partial charge on any atom is 0.235 e. The second-order valence-electron chi connectivity index (χ2n) is 8.40. The Morgan fingerprint density at radius 1 is 1.25 bits per heavy atom. The molecule has 3 aliphatic rings. The molecule has 0 bridgehead atoms. The number of hydrogen-bond donors (Lipinski definition) is 4. The number of phenols is 1. The maximum atomic E-state index is 13.4. The fourth-order valence-corrected chi connectivity index (χ4v) is 5.42. The van der Waals surface area contributed by atoms with E-state index in [1.165, 1.54) is 12.1 Å². The van der Waals surface area contributed by atoms with Crippen LogP contribution in [0.25, 0.3) is 10.4 Å². The summed E-state index contributed by atoms with van der Waals surface area (Å²) < 4.78 is 0. The number of aromatic hydroxyl groups is 1. The summed E-state index contributed by atoms with van der Waals surface area (Å²) in [4.78, 5) is 66.2. The predicted octanol–water partition coefficient (Wildman–Crippen LogP) is -0.200. The van der Waals surface area contributed by atoms with E-state index in [-0.39, 0.29) is 17.7 Å². The number of carbonyl (C=O) groups is 5. The van der Waals surface area contributed by atoms with Crippen molar-refractivity contribution in [2.75, 3.05) is 0 Å². The van der Waals surface area contributed by atoms with Crippen molar-refractivity contribution in [3.05, 3.63) is 33.7 Å². The van der Waals surface area contributed by atoms with Gasteiger partial charge in [0.25, 0.3) is 0 Å². The van der Waals surface area contributed by atoms with Crippen LogP contribution in [0.1, 0.15) is 35.2 Å². The maximum absolute atomic E-state index is 13.4. The molecule has 1 aromatic rings. The third-order valence-electron chi connectivity index (χ3n) is 7.03. The van der Waals surface area contributed by atoms with Gasteiger partial charge in [-0.3, -0.25) is 24.0 Å². The van der Waals surface area contributed by atoms with Crippen LogP contribution in [-0.4, -0.2) is 56.1 Å². The van der Waals surface area contributed by atoms with Crippen LogP contribution in [-0.2, 0) is 19.2 Å². The molecule has 2 fully saturated rings. The summed E-state index contributed by atoms with van der Waals surface area (Å²) >= 11 is 0. The summed E-state index contributed by atoms with van der Waals surface area (Å²) in [6.07, 6.45) is -2.26. The molecule has 0 radical (unpaired) electrons. The van der Waals surface area contributed by atoms with Crippen LogP contribution < -0.4 is 5.73 Å². The van der Waals surface area contributed by atoms with Crippen molar-refractivity contribution in [1.29, 1.82) is 0 Å². The standard InChI is InChI=1S/C20H18N4O8/c1-5-6-2-3-9(23-24-22)14(26)10(6)15(27)11-7(5)4-8-13(25)16(28)12(19(21)31)18(30)20(8,32)17(11)29/h2-3,5,7-8,11-13,25-26,32H,4H2,1H3,(H2,21,31)/t5-,7+,8-,11?,12?,13+,20-/m0/s1. The van der Waals surface area contributed by atoms with Crippen molar-refractivity contribution in [2.24, 2.45) is 34.5 Å². The van der Waals surface area contributed by atoms with E-state index in [9.17, 15) is 39.3 Å². The Bertz CT molecular complexity index is 1170. The van der Waals surface area contributed by atoms with Gasteiger partial charge in [0.05, 0.1) is 17.2 Å². The Morgan fingerprint density at radius 3 is 2.50 bits per heavy atom. The Labute approximate surface area is 179 Å². The number of benzene rings is 1. The molecule has 0 aromatic heterocycles. The van der Waals surface area contributed by atoms with E-state index in [2.05, 4.69) is 10.0 Å². The monoisotopic (exact) mass is 442 g/mol. The highest BCUT2D eigenvalue weighted by Gasteiger charge is 2.69. The number of hydrogen-bond acceptors (Lipinski definition) is 9. The van der Waals surface area contributed by atoms with E-state index in [1.54, 1.807) is 6.92 Å². The fourth-order valence-electron chi connectivity index (χ4n) is 5.42. The van der Waals surface area contributed by atoms with Gasteiger partial charge in [-0.15, -0.1) is 0 Å². The van der Waals surface area contributed by atoms with Gasteiger partial charge in [0.1, 0.15) is 11.9 Å². The number of nitrogens with two attached hydrogens (primary N) is 1. The summed E-state index contributed by atoms with van der Waals surface area (Å²) in [6.45, 7) is 1.65. The van der Waals surface area contributed by atoms with Crippen LogP contribution in [0.4, 0.5) is 5.69 Å². The van der Waals surface area contributed by atoms with Gasteiger partial charge in [-0.2, -0.15) is 0 Å². The predicted molar refractivity (Wildman–Crippen MR) is 103 cm³/mol. The Morgan fingerprint density at radius 2 is 1.91 bits per heavy atom. The summed E-state index contributed by atoms with van der Waals surface area (Å²) in [6, 6.07) is 2.76. The topological polar surface area (TPSA) is 221 Å². The molecule has 2 saturated carbocycles. The summed E-state index contributed by atoms with van der Waals surface area (Å²) in [5, 5.41) is 35.4. The molecule has 1 amide bonds. The lowest BCUT2D eigenvalue weighted by molar-refractivity contribution is -0.186. The molecule has 12 nitrogen and oxygen atoms in total. The molecule has 166 valence electrons. The van der Waals surface area contributed by atoms with Crippen LogP contribution in [0, 0.1) is 23.7 Å². The normalized spacial score (nSPS) is 36.0. The van der Waals surface area contributed by atoms with E-state index in [0.29, 0.717) is 5.56 Å². The van der Waals surface area contributed by atoms with Crippen LogP contribution in [0.15, 0.2) is 17.2 Å². The lowest BCUT2D eigenvalue weighted by Crippen LogP contribution is -2.72. The summed E-state index contributed by atoms with van der Waals surface area (Å²) in [7, 11) is 0. The van der Waals surface area contributed by atoms with E-state index in [4.69, 9.17) is 11.3 Å². The molecule has 1 aromatic carbocycles. The third-order valence-corrected chi connectivity index (χ3v) is 7.03. The number of azide groups is 1. The van der Waals surface area contributed by atoms with Crippen molar-refractivity contribution < 1.29 is 39.3 Å². The number of ketones is 4. The largest absolute Gasteiger partial charge is 0.507 e. The summed E-state index contributed by atoms with van der Waals surface area (Å²) in [5.74, 6) is -13.6. The number of carbonyl (C=O) groups excluding carboxylic acids is 5. The lowest BCUT2D eigenvalue weighted by Gasteiger charge is -2.51. The second-order valence-corrected chi connectivity index (χ2v) is 8.40. The van der Waals surface area contributed by atoms with Gasteiger partial charge >= 0.3 is 0 Å². The van der Waals surface area contributed by atoms with E-state index in [1.807, 2.05) is 0 Å². The molecule has 3 aliphatic carbocycles. The highest BCUT2D eigenvalue weighted by Crippen LogP contribution is 2.54. The van der Waals surface area contributed by atoms with E-state index < -0.39 is 76.1 Å². The van der Waals surface area contributed by atoms with Gasteiger partial charge in [0.15, 0.2) is 34.7 Å². The van der Waals surface area contributed by atoms with E-state index in [0.717, 1.165) is 0 Å². The number of nitrogens with zero attached hydrogens (tertiary/aromatic N) is 3. The van der Waals surface area contributed by atoms with Gasteiger partial charge < -0.3 is 21.1 Å². The first kappa shape index (κ1) is 21.6. The van der Waals surface area contributed by atoms with Crippen LogP contribution in [0.3, 0.4) is 0 Å². The quantitative estimate of drug-likeness (QED) is 0.207. The first-order valence-corrected chi connectivity index (χ1v) is 9.75. The number of phenolic OH excluding ortho intramolecular Hbond substituents is 1. The fraction of sp³-hybridized carbons (Fsp3) is 0.450. The van der Waals surface area contributed by atoms with Gasteiger partial charge in [-0.05, 0) is 35.4 Å². The van der Waals surface area contributed by atoms with Gasteiger partial charge in [-0.25, -0.2) is 0 Å². The first-order chi connectivity index (χ1) is 15.0. The Kier molecular flexibility index (Phi) is 4.70. The summed E-state index contributed by atoms with van der Waals surface area (Å²) in [5.41, 5.74) is 10.6. The average Bonchev–Trinajstić information content (AvgIpc) is 2.73. The number of amides is 1. The molecule has 2 unspecified atom stereocenters. The Balaban J connectivity index is 1.89. The number of aliphatic hydroxyl groups excluding tert-OH is 1. The average molecular weight is 442 g/mol. The van der Waals surface area contributed by atoms with E-state index >= 15 is 0 Å². The van der Waals surface area contributed by atoms with Crippen molar-refractivity contribution in [3.63, 3.8) is 0 Å². The molecular formula is C20H18N4O8. The molecule has 0 aliphatic heterocycles. The van der Waals surface area contributed by atoms with Crippen molar-refractivity contribution >= 4 is 34.7 Å². The SMILES string of the molecule is C[C@H]1c2ccc(N=[N+]=[N-])c(O)c2C(=O)C2C(=O)[C@]3(O)C(=O)C(C(N)=O)C(=O)[C@H](O)[C@@H]3C[C@@H]21. The molecule has 0 spiro atoms. The van der Waals surface area contributed by atoms with Crippen LogP contribution >= 0.6 is 0 Å². The molecule has 0 saturated heterocycles. The number of Topliss-reactive ketones (excluding diaryl/α,β-unsaturated/α-hetero) is 4. The highest BCUT2D eigenvalue weighted by atomic mass is 16.3. The molecule has 0 heterocycles. The van der Waals surface area contributed by atoms with Gasteiger partial charge in [-0.1, -0.05) is 18.1 Å². The van der Waals surface area contributed by atoms with Crippen LogP contribution in [0.2, 0.25) is 0 Å². The van der Waals surface area contributed by atoms with Gasteiger partial charge in [0, 0.05) is 10.8 Å². The zero-order valence-electron chi connectivity index (χ0n) is 16.6. The first-order valence-electron chi connectivity index (χ1n) is 9.75. The minimum Gasteiger partial charge on any atom is -0.507 e. The van der Waals surface area contributed by atoms with Crippen molar-refractivity contribution in [1.82, 2.24) is 0 Å². The molecular weight excluding hydrogens is 424 g/mol. The molecule has 5 N–H and O–H groups in total. The smallest absolute Gasteiger partial charge is 0.235 e. The molecule has 12 heteroatoms. The minimum absolute atomic E-state index is 0.242. The lowest BCUT2D eigenvalue weighted by atomic mass is 9.51. The van der Waals surface area contributed by atoms with Crippen molar-refractivity contribution in [2.45, 2.75) is 31.0 Å². The molecule has 32 heavy (non-hydrogen) atoms. The third kappa shape index (κ3) is 2.51. The van der Waals surface area contributed by atoms with Gasteiger partial charge in [0.2, 0.25) is 5.91 Å². The second kappa shape index (κ2) is 6.95. The highest BCUT2D eigenvalue weighted by molar-refractivity contribution is 6.32. The number of fused-ring (bicyclic) bond motifs is 3. The Hall–Kier alpha value is -3.60. The molecule has 7 atom stereocenters. The number of primary amides is 1. The van der Waals surface area contributed by atoms with Crippen molar-refractivity contribution in [3.8, 4) is 5.75 Å².